The summed E-state index contributed by atoms with van der Waals surface area (Å²) >= 11 is 7.29. The van der Waals surface area contributed by atoms with E-state index in [1.807, 2.05) is 36.1 Å². The quantitative estimate of drug-likeness (QED) is 0.311. The number of carbonyl (C=O) groups is 2. The zero-order chi connectivity index (χ0) is 28.4. The molecule has 1 fully saturated rings. The molecule has 10 heteroatoms. The van der Waals surface area contributed by atoms with Gasteiger partial charge in [-0.3, -0.25) is 9.59 Å². The largest absolute Gasteiger partial charge is 0.379 e. The molecule has 6 atom stereocenters. The summed E-state index contributed by atoms with van der Waals surface area (Å²) in [6, 6.07) is -0.247. The molecule has 1 N–H and O–H groups in total. The Balaban J connectivity index is 2.13. The second-order valence-corrected chi connectivity index (χ2v) is 12.3. The molecule has 1 saturated heterocycles. The number of nitrogens with zero attached hydrogens (tertiary/aromatic N) is 3. The standard InChI is InChI=1S/C28H48N4O4S2/c1-9-19(4)26(31(6)24(33)15-18(2)3)22(35-7)16-25(34)32-13-10-11-21(32)27(36-8)20(5)28(37)30-17-23-29-12-14-38-23/h12,14,18-22,26-27H,9-11,13,15-17H2,1-8H3,(H,30,37). The van der Waals surface area contributed by atoms with Gasteiger partial charge in [0.2, 0.25) is 11.8 Å². The third-order valence-electron chi connectivity index (χ3n) is 7.78. The third-order valence-corrected chi connectivity index (χ3v) is 9.08. The normalized spacial score (nSPS) is 19.6. The number of ether oxygens (including phenoxy) is 2. The lowest BCUT2D eigenvalue weighted by molar-refractivity contribution is -0.144. The Morgan fingerprint density at radius 2 is 1.95 bits per heavy atom. The topological polar surface area (TPSA) is 84.0 Å². The number of thiazole rings is 1. The van der Waals surface area contributed by atoms with Gasteiger partial charge in [0.25, 0.3) is 0 Å². The van der Waals surface area contributed by atoms with Crippen molar-refractivity contribution in [2.75, 3.05) is 27.8 Å². The predicted octanol–water partition coefficient (Wildman–Crippen LogP) is 4.53. The Bertz CT molecular complexity index is 882. The van der Waals surface area contributed by atoms with E-state index in [1.165, 1.54) is 0 Å². The number of nitrogens with one attached hydrogen (secondary N) is 1. The number of hydrogen-bond donors (Lipinski definition) is 1. The molecule has 0 spiro atoms. The molecule has 1 aliphatic heterocycles. The Morgan fingerprint density at radius 3 is 2.50 bits per heavy atom. The van der Waals surface area contributed by atoms with Gasteiger partial charge in [-0.05, 0) is 24.7 Å². The van der Waals surface area contributed by atoms with Crippen LogP contribution < -0.4 is 5.32 Å². The molecule has 0 aromatic carbocycles. The Kier molecular flexibility index (Phi) is 13.6. The molecular weight excluding hydrogens is 520 g/mol. The lowest BCUT2D eigenvalue weighted by atomic mass is 9.90. The average Bonchev–Trinajstić information content (AvgIpc) is 3.59. The molecule has 1 aliphatic rings. The second-order valence-electron chi connectivity index (χ2n) is 10.9. The van der Waals surface area contributed by atoms with Crippen LogP contribution in [0, 0.1) is 17.8 Å². The fourth-order valence-electron chi connectivity index (χ4n) is 5.48. The molecule has 1 aromatic rings. The maximum absolute atomic E-state index is 13.7. The first-order valence-electron chi connectivity index (χ1n) is 13.8. The minimum absolute atomic E-state index is 0.0354. The molecule has 2 heterocycles. The SMILES string of the molecule is CCC(C)C(C(CC(=O)N1CCCC1C(OC)C(C)C(=S)NCc1nccs1)OC)N(C)C(=O)CC(C)C. The smallest absolute Gasteiger partial charge is 0.225 e. The first kappa shape index (κ1) is 32.6. The molecule has 6 unspecified atom stereocenters. The van der Waals surface area contributed by atoms with E-state index in [1.54, 1.807) is 31.8 Å². The van der Waals surface area contributed by atoms with Crippen LogP contribution in [0.4, 0.5) is 0 Å². The van der Waals surface area contributed by atoms with Gasteiger partial charge in [0.05, 0.1) is 42.2 Å². The zero-order valence-corrected chi connectivity index (χ0v) is 26.1. The number of hydrogen-bond acceptors (Lipinski definition) is 7. The number of amides is 2. The number of carbonyl (C=O) groups excluding carboxylic acids is 2. The Morgan fingerprint density at radius 1 is 1.24 bits per heavy atom. The minimum atomic E-state index is -0.390. The van der Waals surface area contributed by atoms with Gasteiger partial charge >= 0.3 is 0 Å². The van der Waals surface area contributed by atoms with Gasteiger partial charge in [-0.25, -0.2) is 4.98 Å². The first-order valence-corrected chi connectivity index (χ1v) is 15.1. The van der Waals surface area contributed by atoms with Crippen molar-refractivity contribution >= 4 is 40.4 Å². The fourth-order valence-corrected chi connectivity index (χ4v) is 6.25. The first-order chi connectivity index (χ1) is 18.0. The highest BCUT2D eigenvalue weighted by molar-refractivity contribution is 7.80. The summed E-state index contributed by atoms with van der Waals surface area (Å²) < 4.78 is 11.9. The number of rotatable bonds is 15. The maximum Gasteiger partial charge on any atom is 0.225 e. The summed E-state index contributed by atoms with van der Waals surface area (Å²) in [5.74, 6) is 0.514. The van der Waals surface area contributed by atoms with Crippen LogP contribution in [0.2, 0.25) is 0 Å². The molecule has 2 amide bonds. The summed E-state index contributed by atoms with van der Waals surface area (Å²) in [5, 5.41) is 6.24. The monoisotopic (exact) mass is 568 g/mol. The van der Waals surface area contributed by atoms with Crippen molar-refractivity contribution in [1.29, 1.82) is 0 Å². The van der Waals surface area contributed by atoms with Gasteiger partial charge < -0.3 is 24.6 Å². The van der Waals surface area contributed by atoms with Crippen LogP contribution in [-0.4, -0.2) is 83.7 Å². The van der Waals surface area contributed by atoms with Crippen molar-refractivity contribution < 1.29 is 19.1 Å². The van der Waals surface area contributed by atoms with E-state index >= 15 is 0 Å². The average molecular weight is 569 g/mol. The van der Waals surface area contributed by atoms with E-state index in [-0.39, 0.29) is 60.3 Å². The highest BCUT2D eigenvalue weighted by Crippen LogP contribution is 2.29. The summed E-state index contributed by atoms with van der Waals surface area (Å²) in [4.78, 5) is 35.5. The Hall–Kier alpha value is -1.62. The van der Waals surface area contributed by atoms with E-state index in [0.717, 1.165) is 24.3 Å². The predicted molar refractivity (Wildman–Crippen MR) is 157 cm³/mol. The number of likely N-dealkylation sites (tertiary alicyclic amines) is 1. The van der Waals surface area contributed by atoms with Crippen LogP contribution in [0.1, 0.15) is 71.7 Å². The fraction of sp³-hybridized carbons (Fsp3) is 0.786. The van der Waals surface area contributed by atoms with Crippen molar-refractivity contribution in [3.8, 4) is 0 Å². The van der Waals surface area contributed by atoms with Crippen LogP contribution >= 0.6 is 23.6 Å². The summed E-state index contributed by atoms with van der Waals surface area (Å²) in [5.41, 5.74) is 0. The molecule has 216 valence electrons. The van der Waals surface area contributed by atoms with Crippen molar-refractivity contribution in [2.24, 2.45) is 17.8 Å². The highest BCUT2D eigenvalue weighted by atomic mass is 32.1. The molecular formula is C28H48N4O4S2. The third kappa shape index (κ3) is 8.69. The maximum atomic E-state index is 13.7. The van der Waals surface area contributed by atoms with E-state index < -0.39 is 0 Å². The van der Waals surface area contributed by atoms with Crippen LogP contribution in [0.15, 0.2) is 11.6 Å². The van der Waals surface area contributed by atoms with Crippen molar-refractivity contribution in [3.63, 3.8) is 0 Å². The highest BCUT2D eigenvalue weighted by Gasteiger charge is 2.41. The van der Waals surface area contributed by atoms with Gasteiger partial charge in [-0.15, -0.1) is 11.3 Å². The van der Waals surface area contributed by atoms with Crippen LogP contribution in [0.5, 0.6) is 0 Å². The van der Waals surface area contributed by atoms with E-state index in [4.69, 9.17) is 21.7 Å². The molecule has 0 aliphatic carbocycles. The molecule has 0 radical (unpaired) electrons. The molecule has 0 bridgehead atoms. The van der Waals surface area contributed by atoms with Crippen LogP contribution in [0.25, 0.3) is 0 Å². The summed E-state index contributed by atoms with van der Waals surface area (Å²) in [7, 11) is 5.18. The molecule has 38 heavy (non-hydrogen) atoms. The summed E-state index contributed by atoms with van der Waals surface area (Å²) in [6.07, 6.45) is 4.54. The van der Waals surface area contributed by atoms with Gasteiger partial charge in [0, 0.05) is 51.7 Å². The van der Waals surface area contributed by atoms with E-state index in [0.29, 0.717) is 24.5 Å². The molecule has 8 nitrogen and oxygen atoms in total. The van der Waals surface area contributed by atoms with Gasteiger partial charge in [-0.1, -0.05) is 53.3 Å². The zero-order valence-electron chi connectivity index (χ0n) is 24.4. The van der Waals surface area contributed by atoms with Crippen LogP contribution in [-0.2, 0) is 25.6 Å². The number of aromatic nitrogens is 1. The van der Waals surface area contributed by atoms with Crippen LogP contribution in [0.3, 0.4) is 0 Å². The number of likely N-dealkylation sites (N-methyl/N-ethyl adjacent to an activating group) is 1. The van der Waals surface area contributed by atoms with E-state index in [2.05, 4.69) is 31.1 Å². The summed E-state index contributed by atoms with van der Waals surface area (Å²) in [6.45, 7) is 11.6. The number of thiocarbonyl (C=S) groups is 1. The molecule has 0 saturated carbocycles. The molecule has 2 rings (SSSR count). The molecule has 1 aromatic heterocycles. The second kappa shape index (κ2) is 15.8. The Labute approximate surface area is 238 Å². The van der Waals surface area contributed by atoms with Crippen molar-refractivity contribution in [3.05, 3.63) is 16.6 Å². The minimum Gasteiger partial charge on any atom is -0.379 e. The number of methoxy groups -OCH3 is 2. The van der Waals surface area contributed by atoms with Gasteiger partial charge in [0.1, 0.15) is 5.01 Å². The lowest BCUT2D eigenvalue weighted by Gasteiger charge is -2.39. The lowest BCUT2D eigenvalue weighted by Crippen LogP contribution is -2.53. The van der Waals surface area contributed by atoms with Gasteiger partial charge in [0.15, 0.2) is 0 Å². The van der Waals surface area contributed by atoms with E-state index in [9.17, 15) is 9.59 Å². The van der Waals surface area contributed by atoms with Gasteiger partial charge in [-0.2, -0.15) is 0 Å². The van der Waals surface area contributed by atoms with Crippen molar-refractivity contribution in [2.45, 2.75) is 97.6 Å². The van der Waals surface area contributed by atoms with Crippen molar-refractivity contribution in [1.82, 2.24) is 20.1 Å².